The number of aliphatic hydroxyl groups is 1. The molecule has 1 aliphatic heterocycles. The molecule has 0 bridgehead atoms. The maximum Gasteiger partial charge on any atom is 0.191 e. The maximum atomic E-state index is 12.9. The fraction of sp³-hybridized carbons (Fsp3) is 0.471. The Bertz CT molecular complexity index is 742. The summed E-state index contributed by atoms with van der Waals surface area (Å²) < 4.78 is 14.9. The number of hydrogen-bond acceptors (Lipinski definition) is 4. The van der Waals surface area contributed by atoms with Gasteiger partial charge in [0.05, 0.1) is 12.6 Å². The lowest BCUT2D eigenvalue weighted by molar-refractivity contribution is 0.180. The van der Waals surface area contributed by atoms with E-state index in [1.54, 1.807) is 19.2 Å². The molecule has 2 unspecified atom stereocenters. The summed E-state index contributed by atoms with van der Waals surface area (Å²) in [6.07, 6.45) is 1.07. The van der Waals surface area contributed by atoms with Crippen LogP contribution in [0.1, 0.15) is 29.7 Å². The van der Waals surface area contributed by atoms with Crippen molar-refractivity contribution in [1.82, 2.24) is 25.4 Å². The van der Waals surface area contributed by atoms with Crippen molar-refractivity contribution in [2.24, 2.45) is 4.99 Å². The van der Waals surface area contributed by atoms with Crippen molar-refractivity contribution in [3.63, 3.8) is 0 Å². The second-order valence-electron chi connectivity index (χ2n) is 6.16. The molecule has 8 heteroatoms. The van der Waals surface area contributed by atoms with Crippen LogP contribution in [0.3, 0.4) is 0 Å². The van der Waals surface area contributed by atoms with E-state index in [-0.39, 0.29) is 18.4 Å². The minimum Gasteiger partial charge on any atom is -0.387 e. The third-order valence-electron chi connectivity index (χ3n) is 4.25. The highest BCUT2D eigenvalue weighted by Crippen LogP contribution is 2.14. The lowest BCUT2D eigenvalue weighted by Gasteiger charge is -2.25. The fourth-order valence-corrected chi connectivity index (χ4v) is 2.94. The number of aliphatic hydroxyl groups excluding tert-OH is 1. The van der Waals surface area contributed by atoms with E-state index < -0.39 is 6.10 Å². The first-order chi connectivity index (χ1) is 12.0. The molecule has 3 rings (SSSR count). The summed E-state index contributed by atoms with van der Waals surface area (Å²) in [7, 11) is 1.69. The van der Waals surface area contributed by atoms with Crippen LogP contribution in [0.25, 0.3) is 0 Å². The Hall–Kier alpha value is -2.48. The second-order valence-corrected chi connectivity index (χ2v) is 6.16. The summed E-state index contributed by atoms with van der Waals surface area (Å²) in [5.41, 5.74) is 0.657. The van der Waals surface area contributed by atoms with Crippen LogP contribution in [0.4, 0.5) is 4.39 Å². The number of halogens is 1. The highest BCUT2D eigenvalue weighted by Gasteiger charge is 2.21. The van der Waals surface area contributed by atoms with Crippen LogP contribution in [0.15, 0.2) is 29.3 Å². The Morgan fingerprint density at radius 1 is 1.44 bits per heavy atom. The molecular formula is C17H23FN6O. The molecule has 1 aliphatic rings. The largest absolute Gasteiger partial charge is 0.387 e. The molecule has 0 saturated heterocycles. The van der Waals surface area contributed by atoms with Crippen LogP contribution in [0.5, 0.6) is 0 Å². The van der Waals surface area contributed by atoms with E-state index in [0.717, 1.165) is 31.0 Å². The number of nitrogens with one attached hydrogen (secondary N) is 2. The highest BCUT2D eigenvalue weighted by molar-refractivity contribution is 5.80. The van der Waals surface area contributed by atoms with Crippen LogP contribution < -0.4 is 10.6 Å². The summed E-state index contributed by atoms with van der Waals surface area (Å²) in [5.74, 6) is 2.11. The van der Waals surface area contributed by atoms with E-state index in [4.69, 9.17) is 0 Å². The Morgan fingerprint density at radius 3 is 2.92 bits per heavy atom. The number of aryl methyl sites for hydroxylation is 2. The molecule has 7 nitrogen and oxygen atoms in total. The van der Waals surface area contributed by atoms with Crippen molar-refractivity contribution in [3.05, 3.63) is 47.3 Å². The minimum atomic E-state index is -0.741. The van der Waals surface area contributed by atoms with Gasteiger partial charge in [-0.3, -0.25) is 4.99 Å². The molecule has 134 valence electrons. The third-order valence-corrected chi connectivity index (χ3v) is 4.25. The Morgan fingerprint density at radius 2 is 2.20 bits per heavy atom. The van der Waals surface area contributed by atoms with Crippen molar-refractivity contribution in [2.75, 3.05) is 13.6 Å². The number of hydrogen-bond donors (Lipinski definition) is 3. The second kappa shape index (κ2) is 7.60. The van der Waals surface area contributed by atoms with Gasteiger partial charge in [0.15, 0.2) is 5.96 Å². The van der Waals surface area contributed by atoms with E-state index >= 15 is 0 Å². The number of nitrogens with zero attached hydrogens (tertiary/aromatic N) is 4. The van der Waals surface area contributed by atoms with Crippen molar-refractivity contribution in [1.29, 1.82) is 0 Å². The van der Waals surface area contributed by atoms with Crippen molar-refractivity contribution in [2.45, 2.75) is 38.5 Å². The molecule has 0 spiro atoms. The van der Waals surface area contributed by atoms with Gasteiger partial charge in [-0.2, -0.15) is 5.10 Å². The molecular weight excluding hydrogens is 323 g/mol. The average molecular weight is 346 g/mol. The molecule has 2 aromatic rings. The Labute approximate surface area is 146 Å². The van der Waals surface area contributed by atoms with Crippen molar-refractivity contribution >= 4 is 5.96 Å². The zero-order chi connectivity index (χ0) is 17.8. The lowest BCUT2D eigenvalue weighted by atomic mass is 10.1. The van der Waals surface area contributed by atoms with Gasteiger partial charge in [-0.25, -0.2) is 14.1 Å². The van der Waals surface area contributed by atoms with Gasteiger partial charge >= 0.3 is 0 Å². The van der Waals surface area contributed by atoms with E-state index in [2.05, 4.69) is 25.7 Å². The molecule has 25 heavy (non-hydrogen) atoms. The predicted molar refractivity (Wildman–Crippen MR) is 92.7 cm³/mol. The monoisotopic (exact) mass is 346 g/mol. The number of aliphatic imine (C=N–C) groups is 1. The molecule has 1 aromatic carbocycles. The molecule has 1 aromatic heterocycles. The summed E-state index contributed by atoms with van der Waals surface area (Å²) in [5, 5.41) is 21.1. The first-order valence-electron chi connectivity index (χ1n) is 8.36. The van der Waals surface area contributed by atoms with Crippen LogP contribution >= 0.6 is 0 Å². The molecule has 0 aliphatic carbocycles. The van der Waals surface area contributed by atoms with Gasteiger partial charge in [0, 0.05) is 26.1 Å². The van der Waals surface area contributed by atoms with Crippen LogP contribution in [0.2, 0.25) is 0 Å². The van der Waals surface area contributed by atoms with Gasteiger partial charge in [-0.05, 0) is 31.0 Å². The van der Waals surface area contributed by atoms with Crippen LogP contribution in [0, 0.1) is 12.7 Å². The van der Waals surface area contributed by atoms with Crippen molar-refractivity contribution in [3.8, 4) is 0 Å². The van der Waals surface area contributed by atoms with Gasteiger partial charge in [-0.1, -0.05) is 12.1 Å². The molecule has 2 heterocycles. The van der Waals surface area contributed by atoms with E-state index in [9.17, 15) is 9.50 Å². The Kier molecular flexibility index (Phi) is 5.28. The topological polar surface area (TPSA) is 87.4 Å². The molecule has 0 amide bonds. The Balaban J connectivity index is 1.52. The standard InChI is InChI=1S/C17H23FN6O/c1-11-21-16-8-7-14(10-24(16)23-11)22-17(19-2)20-9-15(25)12-3-5-13(18)6-4-12/h3-6,14-15,25H,7-10H2,1-2H3,(H2,19,20,22). The summed E-state index contributed by atoms with van der Waals surface area (Å²) in [4.78, 5) is 8.60. The van der Waals surface area contributed by atoms with Gasteiger partial charge < -0.3 is 15.7 Å². The van der Waals surface area contributed by atoms with Gasteiger partial charge in [0.1, 0.15) is 17.5 Å². The molecule has 0 saturated carbocycles. The molecule has 0 radical (unpaired) electrons. The van der Waals surface area contributed by atoms with Gasteiger partial charge in [0.25, 0.3) is 0 Å². The first-order valence-corrected chi connectivity index (χ1v) is 8.36. The fourth-order valence-electron chi connectivity index (χ4n) is 2.94. The molecule has 0 fully saturated rings. The minimum absolute atomic E-state index is 0.197. The summed E-state index contributed by atoms with van der Waals surface area (Å²) in [6.45, 7) is 2.91. The maximum absolute atomic E-state index is 12.9. The smallest absolute Gasteiger partial charge is 0.191 e. The van der Waals surface area contributed by atoms with E-state index in [0.29, 0.717) is 11.5 Å². The first kappa shape index (κ1) is 17.3. The zero-order valence-corrected chi connectivity index (χ0v) is 14.4. The van der Waals surface area contributed by atoms with Crippen LogP contribution in [-0.2, 0) is 13.0 Å². The van der Waals surface area contributed by atoms with E-state index in [1.165, 1.54) is 12.1 Å². The number of rotatable bonds is 4. The number of fused-ring (bicyclic) bond motifs is 1. The number of aromatic nitrogens is 3. The molecule has 2 atom stereocenters. The van der Waals surface area contributed by atoms with Gasteiger partial charge in [0.2, 0.25) is 0 Å². The third kappa shape index (κ3) is 4.33. The quantitative estimate of drug-likeness (QED) is 0.566. The predicted octanol–water partition coefficient (Wildman–Crippen LogP) is 0.939. The normalized spacial score (nSPS) is 18.6. The SMILES string of the molecule is CN=C(NCC(O)c1ccc(F)cc1)NC1CCc2nc(C)nn2C1. The van der Waals surface area contributed by atoms with Crippen LogP contribution in [-0.4, -0.2) is 45.5 Å². The summed E-state index contributed by atoms with van der Waals surface area (Å²) >= 11 is 0. The van der Waals surface area contributed by atoms with Crippen molar-refractivity contribution < 1.29 is 9.50 Å². The lowest BCUT2D eigenvalue weighted by Crippen LogP contribution is -2.47. The number of guanidine groups is 1. The average Bonchev–Trinajstić information content (AvgIpc) is 2.98. The van der Waals surface area contributed by atoms with E-state index in [1.807, 2.05) is 11.6 Å². The highest BCUT2D eigenvalue weighted by atomic mass is 19.1. The number of benzene rings is 1. The zero-order valence-electron chi connectivity index (χ0n) is 14.4. The van der Waals surface area contributed by atoms with Gasteiger partial charge in [-0.15, -0.1) is 0 Å². The summed E-state index contributed by atoms with van der Waals surface area (Å²) in [6, 6.07) is 6.03. The molecule has 3 N–H and O–H groups in total.